The van der Waals surface area contributed by atoms with Crippen molar-refractivity contribution >= 4 is 59.1 Å². The predicted octanol–water partition coefficient (Wildman–Crippen LogP) is 12.9. The number of rotatable bonds is 24. The summed E-state index contributed by atoms with van der Waals surface area (Å²) in [5, 5.41) is 19.9. The second kappa shape index (κ2) is 27.2. The van der Waals surface area contributed by atoms with E-state index in [2.05, 4.69) is 88.7 Å². The number of carboxylic acid groups (broad SMARTS) is 1. The standard InChI is InChI=1S/C69H64N4O5S3/c1-70-63(74)60(48-79-67(51-30-12-3-13-31-51,52-32-14-4-15-33-52)53-34-16-5-17-35-53)71-64(75)61(49-80-68(54-36-18-6-19-37-54,55-38-20-7-21-39-55)56-40-22-8-23-41-56)72-65(76)62(73(2)66(77)78)50-81-69(57-42-24-9-25-43-57,58-44-26-10-27-45-58)59-46-28-11-29-47-59/h3-47,60-62H,48-50H2,1-2H3,(H,70,74)(H,71,75)(H,72,76)(H,77,78)/t60-,61-,62-/m1/s1. The van der Waals surface area contributed by atoms with Gasteiger partial charge in [0.2, 0.25) is 17.7 Å². The molecule has 0 unspecified atom stereocenters. The van der Waals surface area contributed by atoms with Gasteiger partial charge in [0.25, 0.3) is 0 Å². The molecule has 0 spiro atoms. The molecule has 9 rings (SSSR count). The predicted molar refractivity (Wildman–Crippen MR) is 333 cm³/mol. The van der Waals surface area contributed by atoms with Gasteiger partial charge in [0.05, 0.1) is 14.2 Å². The van der Waals surface area contributed by atoms with E-state index in [0.717, 1.165) is 55.0 Å². The molecule has 9 aromatic carbocycles. The first-order valence-corrected chi connectivity index (χ1v) is 29.8. The topological polar surface area (TPSA) is 128 Å². The van der Waals surface area contributed by atoms with Crippen molar-refractivity contribution in [3.8, 4) is 0 Å². The first-order chi connectivity index (χ1) is 39.6. The first kappa shape index (κ1) is 57.4. The molecule has 0 saturated carbocycles. The number of hydrogen-bond acceptors (Lipinski definition) is 7. The maximum atomic E-state index is 15.7. The van der Waals surface area contributed by atoms with Crippen molar-refractivity contribution in [2.45, 2.75) is 32.4 Å². The molecule has 12 heteroatoms. The molecule has 0 heterocycles. The van der Waals surface area contributed by atoms with Gasteiger partial charge in [-0.2, -0.15) is 0 Å². The van der Waals surface area contributed by atoms with Crippen molar-refractivity contribution in [2.75, 3.05) is 31.4 Å². The van der Waals surface area contributed by atoms with E-state index in [0.29, 0.717) is 0 Å². The Kier molecular flexibility index (Phi) is 19.3. The highest BCUT2D eigenvalue weighted by atomic mass is 32.2. The Morgan fingerprint density at radius 3 is 0.790 bits per heavy atom. The lowest BCUT2D eigenvalue weighted by Crippen LogP contribution is -2.58. The van der Waals surface area contributed by atoms with Gasteiger partial charge >= 0.3 is 6.09 Å². The molecule has 0 bridgehead atoms. The highest BCUT2D eigenvalue weighted by molar-refractivity contribution is 8.01. The fourth-order valence-electron chi connectivity index (χ4n) is 10.5. The van der Waals surface area contributed by atoms with Crippen LogP contribution < -0.4 is 16.0 Å². The largest absolute Gasteiger partial charge is 0.465 e. The fraction of sp³-hybridized carbons (Fsp3) is 0.159. The van der Waals surface area contributed by atoms with Crippen molar-refractivity contribution in [2.24, 2.45) is 0 Å². The molecule has 0 aliphatic rings. The number of benzene rings is 9. The monoisotopic (exact) mass is 1120 g/mol. The van der Waals surface area contributed by atoms with Crippen LogP contribution in [0.25, 0.3) is 0 Å². The third kappa shape index (κ3) is 12.7. The van der Waals surface area contributed by atoms with Crippen LogP contribution in [0.2, 0.25) is 0 Å². The van der Waals surface area contributed by atoms with E-state index in [9.17, 15) is 14.7 Å². The van der Waals surface area contributed by atoms with E-state index in [1.807, 2.05) is 200 Å². The number of hydrogen-bond donors (Lipinski definition) is 4. The third-order valence-corrected chi connectivity index (χ3v) is 19.5. The van der Waals surface area contributed by atoms with E-state index in [1.165, 1.54) is 42.3 Å². The van der Waals surface area contributed by atoms with Gasteiger partial charge < -0.3 is 21.1 Å². The zero-order valence-corrected chi connectivity index (χ0v) is 47.5. The normalized spacial score (nSPS) is 12.7. The smallest absolute Gasteiger partial charge is 0.407 e. The van der Waals surface area contributed by atoms with Crippen molar-refractivity contribution in [1.82, 2.24) is 20.9 Å². The molecule has 0 aliphatic carbocycles. The summed E-state index contributed by atoms with van der Waals surface area (Å²) in [6, 6.07) is 86.8. The Morgan fingerprint density at radius 1 is 0.358 bits per heavy atom. The van der Waals surface area contributed by atoms with Crippen LogP contribution in [0.4, 0.5) is 4.79 Å². The van der Waals surface area contributed by atoms with Gasteiger partial charge in [-0.3, -0.25) is 19.3 Å². The quantitative estimate of drug-likeness (QED) is 0.0441. The Morgan fingerprint density at radius 2 is 0.568 bits per heavy atom. The van der Waals surface area contributed by atoms with Crippen LogP contribution in [-0.2, 0) is 28.6 Å². The van der Waals surface area contributed by atoms with Crippen LogP contribution in [-0.4, -0.2) is 83.3 Å². The summed E-state index contributed by atoms with van der Waals surface area (Å²) >= 11 is 4.46. The second-order valence-electron chi connectivity index (χ2n) is 19.4. The van der Waals surface area contributed by atoms with E-state index in [-0.39, 0.29) is 17.3 Å². The summed E-state index contributed by atoms with van der Waals surface area (Å²) in [6.45, 7) is 0. The molecule has 9 nitrogen and oxygen atoms in total. The Labute approximate surface area is 488 Å². The molecule has 0 aliphatic heterocycles. The summed E-state index contributed by atoms with van der Waals surface area (Å²) < 4.78 is -2.65. The highest BCUT2D eigenvalue weighted by Gasteiger charge is 2.44. The van der Waals surface area contributed by atoms with Crippen molar-refractivity contribution in [3.05, 3.63) is 323 Å². The zero-order chi connectivity index (χ0) is 56.5. The molecule has 0 aromatic heterocycles. The Balaban J connectivity index is 1.13. The maximum absolute atomic E-state index is 15.7. The molecule has 3 atom stereocenters. The van der Waals surface area contributed by atoms with Gasteiger partial charge in [-0.05, 0) is 50.1 Å². The van der Waals surface area contributed by atoms with Gasteiger partial charge in [-0.25, -0.2) is 4.79 Å². The molecular weight excluding hydrogens is 1060 g/mol. The molecule has 0 radical (unpaired) electrons. The third-order valence-electron chi connectivity index (χ3n) is 14.6. The number of likely N-dealkylation sites (N-methyl/N-ethyl adjacent to an activating group) is 2. The average molecular weight is 1130 g/mol. The minimum atomic E-state index is -1.32. The summed E-state index contributed by atoms with van der Waals surface area (Å²) in [5.41, 5.74) is 8.58. The van der Waals surface area contributed by atoms with Gasteiger partial charge in [-0.1, -0.05) is 273 Å². The van der Waals surface area contributed by atoms with Crippen molar-refractivity contribution < 1.29 is 24.3 Å². The lowest BCUT2D eigenvalue weighted by Gasteiger charge is -2.38. The number of thioether (sulfide) groups is 3. The van der Waals surface area contributed by atoms with E-state index >= 15 is 9.59 Å². The molecule has 81 heavy (non-hydrogen) atoms. The molecule has 4 amide bonds. The lowest BCUT2D eigenvalue weighted by molar-refractivity contribution is -0.132. The van der Waals surface area contributed by atoms with Gasteiger partial charge in [0, 0.05) is 31.4 Å². The summed E-state index contributed by atoms with van der Waals surface area (Å²) in [4.78, 5) is 59.9. The highest BCUT2D eigenvalue weighted by Crippen LogP contribution is 2.51. The van der Waals surface area contributed by atoms with Crippen LogP contribution in [0.1, 0.15) is 50.1 Å². The van der Waals surface area contributed by atoms with Crippen LogP contribution >= 0.6 is 35.3 Å². The Hall–Kier alpha value is -8.29. The van der Waals surface area contributed by atoms with Gasteiger partial charge in [-0.15, -0.1) is 35.3 Å². The van der Waals surface area contributed by atoms with E-state index in [1.54, 1.807) is 7.05 Å². The average Bonchev–Trinajstić information content (AvgIpc) is 3.56. The first-order valence-electron chi connectivity index (χ1n) is 26.8. The minimum absolute atomic E-state index is 0.00945. The number of amides is 4. The van der Waals surface area contributed by atoms with Crippen molar-refractivity contribution in [3.63, 3.8) is 0 Å². The SMILES string of the molecule is CNC(=O)[C@@H](CSC(c1ccccc1)(c1ccccc1)c1ccccc1)NC(=O)[C@@H](CSC(c1ccccc1)(c1ccccc1)c1ccccc1)NC(=O)[C@@H](CSC(c1ccccc1)(c1ccccc1)c1ccccc1)N(C)C(=O)O. The summed E-state index contributed by atoms with van der Waals surface area (Å²) in [7, 11) is 2.92. The minimum Gasteiger partial charge on any atom is -0.465 e. The number of carbonyl (C=O) groups is 4. The summed E-state index contributed by atoms with van der Waals surface area (Å²) in [6.07, 6.45) is -1.32. The van der Waals surface area contributed by atoms with E-state index < -0.39 is 56.2 Å². The lowest BCUT2D eigenvalue weighted by atomic mass is 9.84. The molecule has 4 N–H and O–H groups in total. The molecule has 9 aromatic rings. The molecular formula is C69H64N4O5S3. The number of nitrogens with zero attached hydrogens (tertiary/aromatic N) is 1. The summed E-state index contributed by atoms with van der Waals surface area (Å²) in [5.74, 6) is -1.64. The second-order valence-corrected chi connectivity index (χ2v) is 23.1. The molecule has 408 valence electrons. The van der Waals surface area contributed by atoms with Crippen LogP contribution in [0, 0.1) is 0 Å². The molecule has 0 fully saturated rings. The van der Waals surface area contributed by atoms with Crippen LogP contribution in [0.15, 0.2) is 273 Å². The fourth-order valence-corrected chi connectivity index (χ4v) is 15.3. The van der Waals surface area contributed by atoms with Crippen LogP contribution in [0.5, 0.6) is 0 Å². The van der Waals surface area contributed by atoms with E-state index in [4.69, 9.17) is 0 Å². The van der Waals surface area contributed by atoms with Gasteiger partial charge in [0.1, 0.15) is 18.1 Å². The van der Waals surface area contributed by atoms with Crippen LogP contribution in [0.3, 0.4) is 0 Å². The maximum Gasteiger partial charge on any atom is 0.407 e. The Bertz CT molecular complexity index is 3140. The zero-order valence-electron chi connectivity index (χ0n) is 45.1. The molecule has 0 saturated heterocycles. The van der Waals surface area contributed by atoms with Gasteiger partial charge in [0.15, 0.2) is 0 Å². The number of carbonyl (C=O) groups excluding carboxylic acids is 3. The van der Waals surface area contributed by atoms with Crippen molar-refractivity contribution in [1.29, 1.82) is 0 Å². The number of nitrogens with one attached hydrogen (secondary N) is 3.